The number of Topliss-reactive ketones (excluding diaryl/α,β-unsaturated/α-hetero) is 1. The highest BCUT2D eigenvalue weighted by atomic mass is 32.1. The number of thiazole rings is 1. The highest BCUT2D eigenvalue weighted by Crippen LogP contribution is 2.38. The molecule has 2 heterocycles. The lowest BCUT2D eigenvalue weighted by atomic mass is 9.97. The van der Waals surface area contributed by atoms with Crippen LogP contribution >= 0.6 is 11.3 Å². The van der Waals surface area contributed by atoms with Crippen molar-refractivity contribution in [3.63, 3.8) is 0 Å². The molecule has 0 aliphatic heterocycles. The Hall–Kier alpha value is -3.65. The molecule has 4 aromatic rings. The van der Waals surface area contributed by atoms with Crippen molar-refractivity contribution in [3.8, 4) is 0 Å². The molecule has 8 heteroatoms. The predicted octanol–water partition coefficient (Wildman–Crippen LogP) is 5.91. The molecule has 0 saturated carbocycles. The summed E-state index contributed by atoms with van der Waals surface area (Å²) in [5.74, 6) is -2.36. The van der Waals surface area contributed by atoms with E-state index in [-0.39, 0.29) is 23.6 Å². The van der Waals surface area contributed by atoms with Gasteiger partial charge in [0.25, 0.3) is 0 Å². The van der Waals surface area contributed by atoms with Gasteiger partial charge < -0.3 is 9.30 Å². The number of carbonyl (C=O) groups excluding carboxylic acids is 2. The molecule has 0 spiro atoms. The van der Waals surface area contributed by atoms with Crippen LogP contribution in [0.1, 0.15) is 35.5 Å². The Balaban J connectivity index is 2.15. The molecule has 0 aliphatic carbocycles. The highest BCUT2D eigenvalue weighted by Gasteiger charge is 2.29. The fraction of sp³-hybridized carbons (Fsp3) is 0.160. The second kappa shape index (κ2) is 9.07. The maximum atomic E-state index is 14.6. The van der Waals surface area contributed by atoms with E-state index in [1.807, 2.05) is 13.0 Å². The summed E-state index contributed by atoms with van der Waals surface area (Å²) in [7, 11) is 1.24. The predicted molar refractivity (Wildman–Crippen MR) is 125 cm³/mol. The number of ether oxygens (including phenoxy) is 1. The molecular weight excluding hydrogens is 446 g/mol. The summed E-state index contributed by atoms with van der Waals surface area (Å²) in [6.07, 6.45) is 5.12. The van der Waals surface area contributed by atoms with E-state index in [2.05, 4.69) is 4.98 Å². The molecule has 0 atom stereocenters. The van der Waals surface area contributed by atoms with Gasteiger partial charge in [-0.15, -0.1) is 11.3 Å². The van der Waals surface area contributed by atoms with Crippen molar-refractivity contribution in [2.45, 2.75) is 20.4 Å². The molecule has 0 aliphatic rings. The second-order valence-corrected chi connectivity index (χ2v) is 8.24. The summed E-state index contributed by atoms with van der Waals surface area (Å²) in [5.41, 5.74) is 3.86. The summed E-state index contributed by atoms with van der Waals surface area (Å²) in [4.78, 5) is 30.2. The van der Waals surface area contributed by atoms with Crippen LogP contribution in [0.2, 0.25) is 0 Å². The molecule has 33 heavy (non-hydrogen) atoms. The lowest BCUT2D eigenvalue weighted by Crippen LogP contribution is -2.15. The van der Waals surface area contributed by atoms with Crippen LogP contribution in [-0.4, -0.2) is 28.4 Å². The summed E-state index contributed by atoms with van der Waals surface area (Å²) >= 11 is 1.43. The Labute approximate surface area is 192 Å². The molecule has 2 aromatic carbocycles. The van der Waals surface area contributed by atoms with E-state index in [1.165, 1.54) is 31.4 Å². The zero-order valence-electron chi connectivity index (χ0n) is 18.2. The quantitative estimate of drug-likeness (QED) is 0.201. The summed E-state index contributed by atoms with van der Waals surface area (Å²) in [6, 6.07) is 6.96. The average Bonchev–Trinajstić information content (AvgIpc) is 3.38. The molecule has 0 bridgehead atoms. The standard InChI is InChI=1S/C25H20F2N2O3S/c1-4-5-6-17(14(2)30)21-22-19(9-10-20-23(22)28-13-33-20)29(24(21)25(31)32-3)12-15-7-8-16(26)11-18(15)27/h4-11,13H,12H2,1-3H3/b5-4-,17-6+. The van der Waals surface area contributed by atoms with E-state index in [4.69, 9.17) is 4.74 Å². The van der Waals surface area contributed by atoms with Gasteiger partial charge in [-0.2, -0.15) is 0 Å². The van der Waals surface area contributed by atoms with Crippen molar-refractivity contribution in [2.24, 2.45) is 0 Å². The first kappa shape index (κ1) is 22.5. The van der Waals surface area contributed by atoms with Gasteiger partial charge in [-0.05, 0) is 32.0 Å². The van der Waals surface area contributed by atoms with Crippen molar-refractivity contribution in [3.05, 3.63) is 82.5 Å². The van der Waals surface area contributed by atoms with Gasteiger partial charge in [0.2, 0.25) is 0 Å². The van der Waals surface area contributed by atoms with Crippen LogP contribution in [-0.2, 0) is 16.1 Å². The Morgan fingerprint density at radius 1 is 1.21 bits per heavy atom. The number of aromatic nitrogens is 2. The van der Waals surface area contributed by atoms with E-state index < -0.39 is 17.6 Å². The number of halogens is 2. The molecule has 2 aromatic heterocycles. The molecular formula is C25H20F2N2O3S. The molecule has 0 amide bonds. The minimum atomic E-state index is -0.736. The number of ketones is 1. The third kappa shape index (κ3) is 3.98. The number of benzene rings is 2. The molecule has 5 nitrogen and oxygen atoms in total. The molecule has 4 rings (SSSR count). The second-order valence-electron chi connectivity index (χ2n) is 7.36. The lowest BCUT2D eigenvalue weighted by molar-refractivity contribution is -0.111. The van der Waals surface area contributed by atoms with Gasteiger partial charge in [0.15, 0.2) is 5.78 Å². The van der Waals surface area contributed by atoms with E-state index in [1.54, 1.807) is 34.4 Å². The summed E-state index contributed by atoms with van der Waals surface area (Å²) < 4.78 is 35.6. The lowest BCUT2D eigenvalue weighted by Gasteiger charge is -2.12. The fourth-order valence-electron chi connectivity index (χ4n) is 3.89. The SMILES string of the molecule is C/C=C\C=C(/C(C)=O)c1c(C(=O)OC)n(Cc2ccc(F)cc2F)c2ccc3scnc3c12. The third-order valence-corrected chi connectivity index (χ3v) is 6.15. The first-order valence-electron chi connectivity index (χ1n) is 10.1. The van der Waals surface area contributed by atoms with E-state index in [9.17, 15) is 18.4 Å². The monoisotopic (exact) mass is 466 g/mol. The number of allylic oxidation sites excluding steroid dienone is 4. The summed E-state index contributed by atoms with van der Waals surface area (Å²) in [6.45, 7) is 3.16. The summed E-state index contributed by atoms with van der Waals surface area (Å²) in [5, 5.41) is 0.600. The van der Waals surface area contributed by atoms with Crippen molar-refractivity contribution >= 4 is 49.8 Å². The molecule has 168 valence electrons. The van der Waals surface area contributed by atoms with E-state index in [0.29, 0.717) is 27.6 Å². The van der Waals surface area contributed by atoms with E-state index >= 15 is 0 Å². The topological polar surface area (TPSA) is 61.2 Å². The average molecular weight is 467 g/mol. The van der Waals surface area contributed by atoms with Gasteiger partial charge in [-0.25, -0.2) is 18.6 Å². The van der Waals surface area contributed by atoms with Crippen LogP contribution in [0.4, 0.5) is 8.78 Å². The maximum absolute atomic E-state index is 14.6. The number of rotatable bonds is 6. The molecule has 0 N–H and O–H groups in total. The Morgan fingerprint density at radius 3 is 2.67 bits per heavy atom. The number of nitrogens with zero attached hydrogens (tertiary/aromatic N) is 2. The van der Waals surface area contributed by atoms with Crippen molar-refractivity contribution in [1.82, 2.24) is 9.55 Å². The third-order valence-electron chi connectivity index (χ3n) is 5.35. The highest BCUT2D eigenvalue weighted by molar-refractivity contribution is 7.16. The Bertz CT molecular complexity index is 1460. The fourth-order valence-corrected chi connectivity index (χ4v) is 4.58. The van der Waals surface area contributed by atoms with Gasteiger partial charge in [0.1, 0.15) is 17.3 Å². The number of carbonyl (C=O) groups is 2. The van der Waals surface area contributed by atoms with Gasteiger partial charge in [-0.1, -0.05) is 24.3 Å². The minimum Gasteiger partial charge on any atom is -0.464 e. The first-order valence-corrected chi connectivity index (χ1v) is 11.0. The Morgan fingerprint density at radius 2 is 2.00 bits per heavy atom. The maximum Gasteiger partial charge on any atom is 0.355 e. The number of fused-ring (bicyclic) bond motifs is 3. The van der Waals surface area contributed by atoms with Crippen molar-refractivity contribution in [2.75, 3.05) is 7.11 Å². The van der Waals surface area contributed by atoms with Gasteiger partial charge >= 0.3 is 5.97 Å². The van der Waals surface area contributed by atoms with Gasteiger partial charge in [0, 0.05) is 28.2 Å². The van der Waals surface area contributed by atoms with Crippen LogP contribution in [0.25, 0.3) is 26.7 Å². The van der Waals surface area contributed by atoms with Gasteiger partial charge in [0.05, 0.1) is 34.9 Å². The number of hydrogen-bond donors (Lipinski definition) is 0. The smallest absolute Gasteiger partial charge is 0.355 e. The van der Waals surface area contributed by atoms with E-state index in [0.717, 1.165) is 16.8 Å². The first-order chi connectivity index (χ1) is 15.9. The Kier molecular flexibility index (Phi) is 6.20. The van der Waals surface area contributed by atoms with Crippen LogP contribution < -0.4 is 0 Å². The van der Waals surface area contributed by atoms with Crippen LogP contribution in [0, 0.1) is 11.6 Å². The zero-order chi connectivity index (χ0) is 23.7. The number of hydrogen-bond acceptors (Lipinski definition) is 5. The van der Waals surface area contributed by atoms with Crippen LogP contribution in [0.3, 0.4) is 0 Å². The van der Waals surface area contributed by atoms with Crippen LogP contribution in [0.15, 0.2) is 54.1 Å². The molecule has 0 saturated heterocycles. The molecule has 0 fully saturated rings. The normalized spacial score (nSPS) is 12.2. The number of methoxy groups -OCH3 is 1. The number of esters is 1. The largest absolute Gasteiger partial charge is 0.464 e. The molecule has 0 unspecified atom stereocenters. The van der Waals surface area contributed by atoms with Gasteiger partial charge in [-0.3, -0.25) is 4.79 Å². The van der Waals surface area contributed by atoms with Crippen molar-refractivity contribution in [1.29, 1.82) is 0 Å². The van der Waals surface area contributed by atoms with Crippen molar-refractivity contribution < 1.29 is 23.1 Å². The zero-order valence-corrected chi connectivity index (χ0v) is 19.0. The van der Waals surface area contributed by atoms with Crippen LogP contribution in [0.5, 0.6) is 0 Å². The minimum absolute atomic E-state index is 0.0719. The molecule has 0 radical (unpaired) electrons.